The van der Waals surface area contributed by atoms with Crippen LogP contribution in [0, 0.1) is 0 Å². The molecule has 0 aliphatic rings. The monoisotopic (exact) mass is 297 g/mol. The number of aliphatic hydroxyl groups is 1. The largest absolute Gasteiger partial charge is 0.416 e. The molecule has 0 radical (unpaired) electrons. The lowest BCUT2D eigenvalue weighted by Crippen LogP contribution is -2.36. The molecule has 19 heavy (non-hydrogen) atoms. The van der Waals surface area contributed by atoms with Gasteiger partial charge in [-0.05, 0) is 24.6 Å². The Hall–Kier alpha value is -1.12. The Balaban J connectivity index is 3.09. The number of hydrogen-bond acceptors (Lipinski definition) is 3. The molecule has 0 aliphatic heterocycles. The van der Waals surface area contributed by atoms with Crippen LogP contribution >= 0.6 is 0 Å². The molecule has 0 bridgehead atoms. The summed E-state index contributed by atoms with van der Waals surface area (Å²) in [7, 11) is -4.08. The van der Waals surface area contributed by atoms with Crippen molar-refractivity contribution in [2.24, 2.45) is 0 Å². The van der Waals surface area contributed by atoms with E-state index in [2.05, 4.69) is 4.72 Å². The molecule has 0 heterocycles. The maximum Gasteiger partial charge on any atom is 0.416 e. The molecule has 8 heteroatoms. The zero-order valence-corrected chi connectivity index (χ0v) is 10.9. The fraction of sp³-hybridized carbons (Fsp3) is 0.455. The highest BCUT2D eigenvalue weighted by atomic mass is 32.2. The van der Waals surface area contributed by atoms with Gasteiger partial charge in [-0.3, -0.25) is 0 Å². The van der Waals surface area contributed by atoms with Gasteiger partial charge in [0.1, 0.15) is 0 Å². The fourth-order valence-corrected chi connectivity index (χ4v) is 2.73. The number of benzene rings is 1. The molecule has 0 unspecified atom stereocenters. The molecule has 1 atom stereocenters. The first-order chi connectivity index (χ1) is 8.70. The van der Waals surface area contributed by atoms with Crippen molar-refractivity contribution >= 4 is 10.0 Å². The van der Waals surface area contributed by atoms with Crippen LogP contribution in [0.5, 0.6) is 0 Å². The van der Waals surface area contributed by atoms with Crippen LogP contribution in [0.3, 0.4) is 0 Å². The van der Waals surface area contributed by atoms with Gasteiger partial charge in [-0.15, -0.1) is 0 Å². The van der Waals surface area contributed by atoms with Gasteiger partial charge < -0.3 is 5.11 Å². The van der Waals surface area contributed by atoms with Crippen LogP contribution in [0.1, 0.15) is 18.9 Å². The van der Waals surface area contributed by atoms with Gasteiger partial charge in [-0.1, -0.05) is 13.0 Å². The smallest absolute Gasteiger partial charge is 0.395 e. The van der Waals surface area contributed by atoms with E-state index in [1.165, 1.54) is 0 Å². The molecule has 1 aromatic rings. The summed E-state index contributed by atoms with van der Waals surface area (Å²) in [5, 5.41) is 8.91. The molecular formula is C11H14F3NO3S. The topological polar surface area (TPSA) is 66.4 Å². The van der Waals surface area contributed by atoms with Crippen molar-refractivity contribution in [2.75, 3.05) is 6.61 Å². The predicted octanol–water partition coefficient (Wildman–Crippen LogP) is 1.75. The third-order valence-corrected chi connectivity index (χ3v) is 4.02. The fourth-order valence-electron chi connectivity index (χ4n) is 1.38. The van der Waals surface area contributed by atoms with Gasteiger partial charge >= 0.3 is 6.18 Å². The van der Waals surface area contributed by atoms with Crippen molar-refractivity contribution in [1.82, 2.24) is 4.72 Å². The van der Waals surface area contributed by atoms with Gasteiger partial charge in [0.15, 0.2) is 0 Å². The predicted molar refractivity (Wildman–Crippen MR) is 62.9 cm³/mol. The van der Waals surface area contributed by atoms with Crippen molar-refractivity contribution in [1.29, 1.82) is 0 Å². The minimum atomic E-state index is -4.60. The van der Waals surface area contributed by atoms with Crippen LogP contribution in [0.25, 0.3) is 0 Å². The number of rotatable bonds is 5. The van der Waals surface area contributed by atoms with E-state index >= 15 is 0 Å². The SMILES string of the molecule is CC[C@H](CO)NS(=O)(=O)c1cccc(C(F)(F)F)c1. The van der Waals surface area contributed by atoms with Crippen LogP contribution in [0.15, 0.2) is 29.2 Å². The number of hydrogen-bond donors (Lipinski definition) is 2. The highest BCUT2D eigenvalue weighted by Crippen LogP contribution is 2.30. The van der Waals surface area contributed by atoms with Crippen molar-refractivity contribution in [3.05, 3.63) is 29.8 Å². The van der Waals surface area contributed by atoms with Crippen molar-refractivity contribution in [2.45, 2.75) is 30.5 Å². The zero-order chi connectivity index (χ0) is 14.7. The maximum atomic E-state index is 12.5. The van der Waals surface area contributed by atoms with Crippen LogP contribution in [-0.2, 0) is 16.2 Å². The molecule has 0 spiro atoms. The highest BCUT2D eigenvalue weighted by molar-refractivity contribution is 7.89. The van der Waals surface area contributed by atoms with Crippen LogP contribution < -0.4 is 4.72 Å². The van der Waals surface area contributed by atoms with E-state index in [0.29, 0.717) is 12.5 Å². The number of nitrogens with one attached hydrogen (secondary N) is 1. The van der Waals surface area contributed by atoms with Crippen molar-refractivity contribution in [3.63, 3.8) is 0 Å². The summed E-state index contributed by atoms with van der Waals surface area (Å²) < 4.78 is 63.3. The molecule has 0 aliphatic carbocycles. The number of sulfonamides is 1. The summed E-state index contributed by atoms with van der Waals surface area (Å²) in [4.78, 5) is -0.478. The van der Waals surface area contributed by atoms with Crippen LogP contribution in [0.4, 0.5) is 13.2 Å². The van der Waals surface area contributed by atoms with E-state index in [1.54, 1.807) is 6.92 Å². The minimum Gasteiger partial charge on any atom is -0.395 e. The Bertz CT molecular complexity index is 524. The van der Waals surface area contributed by atoms with Gasteiger partial charge in [0.25, 0.3) is 0 Å². The van der Waals surface area contributed by atoms with E-state index in [4.69, 9.17) is 5.11 Å². The zero-order valence-electron chi connectivity index (χ0n) is 10.1. The lowest BCUT2D eigenvalue weighted by atomic mass is 10.2. The summed E-state index contributed by atoms with van der Waals surface area (Å²) >= 11 is 0. The summed E-state index contributed by atoms with van der Waals surface area (Å²) in [6.07, 6.45) is -4.28. The molecule has 0 amide bonds. The van der Waals surface area contributed by atoms with Crippen molar-refractivity contribution < 1.29 is 26.7 Å². The second-order valence-corrected chi connectivity index (χ2v) is 5.65. The van der Waals surface area contributed by atoms with Crippen molar-refractivity contribution in [3.8, 4) is 0 Å². The van der Waals surface area contributed by atoms with Gasteiger partial charge in [0, 0.05) is 6.04 Å². The molecule has 0 aromatic heterocycles. The molecular weight excluding hydrogens is 283 g/mol. The molecule has 4 nitrogen and oxygen atoms in total. The Labute approximate surface area is 109 Å². The molecule has 1 aromatic carbocycles. The molecule has 0 saturated carbocycles. The molecule has 2 N–H and O–H groups in total. The summed E-state index contributed by atoms with van der Waals surface area (Å²) in [5.41, 5.74) is -1.03. The Morgan fingerprint density at radius 2 is 2.00 bits per heavy atom. The second kappa shape index (κ2) is 5.89. The Morgan fingerprint density at radius 3 is 2.47 bits per heavy atom. The average Bonchev–Trinajstić information content (AvgIpc) is 2.35. The normalized spacial score (nSPS) is 14.4. The lowest BCUT2D eigenvalue weighted by Gasteiger charge is -2.15. The average molecular weight is 297 g/mol. The number of halogens is 3. The number of aliphatic hydroxyl groups excluding tert-OH is 1. The Kier molecular flexibility index (Phi) is 4.94. The number of alkyl halides is 3. The highest BCUT2D eigenvalue weighted by Gasteiger charge is 2.31. The second-order valence-electron chi connectivity index (χ2n) is 3.93. The summed E-state index contributed by atoms with van der Waals surface area (Å²) in [6.45, 7) is 1.23. The van der Waals surface area contributed by atoms with Crippen LogP contribution in [-0.4, -0.2) is 26.2 Å². The minimum absolute atomic E-state index is 0.328. The molecule has 1 rings (SSSR count). The van der Waals surface area contributed by atoms with Gasteiger partial charge in [0.05, 0.1) is 17.1 Å². The van der Waals surface area contributed by atoms with E-state index in [-0.39, 0.29) is 0 Å². The maximum absolute atomic E-state index is 12.5. The summed E-state index contributed by atoms with van der Waals surface area (Å²) in [6, 6.07) is 2.73. The standard InChI is InChI=1S/C11H14F3NO3S/c1-2-9(7-16)15-19(17,18)10-5-3-4-8(6-10)11(12,13)14/h3-6,9,15-16H,2,7H2,1H3/t9-/m1/s1. The molecule has 108 valence electrons. The Morgan fingerprint density at radius 1 is 1.37 bits per heavy atom. The first-order valence-corrected chi connectivity index (χ1v) is 6.99. The van der Waals surface area contributed by atoms with E-state index < -0.39 is 39.3 Å². The third kappa shape index (κ3) is 4.19. The summed E-state index contributed by atoms with van der Waals surface area (Å²) in [5.74, 6) is 0. The van der Waals surface area contributed by atoms with E-state index in [1.807, 2.05) is 0 Å². The van der Waals surface area contributed by atoms with E-state index in [9.17, 15) is 21.6 Å². The van der Waals surface area contributed by atoms with Gasteiger partial charge in [-0.2, -0.15) is 13.2 Å². The molecule has 0 fully saturated rings. The van der Waals surface area contributed by atoms with Gasteiger partial charge in [0.2, 0.25) is 10.0 Å². The van der Waals surface area contributed by atoms with E-state index in [0.717, 1.165) is 18.2 Å². The first kappa shape index (κ1) is 15.9. The van der Waals surface area contributed by atoms with Crippen LogP contribution in [0.2, 0.25) is 0 Å². The third-order valence-electron chi connectivity index (χ3n) is 2.51. The van der Waals surface area contributed by atoms with Gasteiger partial charge in [-0.25, -0.2) is 13.1 Å². The molecule has 0 saturated heterocycles. The lowest BCUT2D eigenvalue weighted by molar-refractivity contribution is -0.137. The quantitative estimate of drug-likeness (QED) is 0.870. The first-order valence-electron chi connectivity index (χ1n) is 5.51.